The van der Waals surface area contributed by atoms with Crippen molar-refractivity contribution >= 4 is 22.7 Å². The molecular formula is C21H22N8. The molecule has 0 saturated carbocycles. The molecule has 4 aromatic rings. The maximum absolute atomic E-state index is 4.57. The van der Waals surface area contributed by atoms with Crippen LogP contribution >= 0.6 is 0 Å². The molecule has 3 aromatic heterocycles. The van der Waals surface area contributed by atoms with Crippen LogP contribution in [-0.2, 0) is 0 Å². The van der Waals surface area contributed by atoms with Gasteiger partial charge in [-0.3, -0.25) is 0 Å². The Balaban J connectivity index is 1.43. The van der Waals surface area contributed by atoms with E-state index in [1.54, 1.807) is 12.5 Å². The van der Waals surface area contributed by atoms with E-state index in [4.69, 9.17) is 0 Å². The van der Waals surface area contributed by atoms with E-state index in [-0.39, 0.29) is 0 Å². The van der Waals surface area contributed by atoms with Crippen LogP contribution in [0.5, 0.6) is 0 Å². The summed E-state index contributed by atoms with van der Waals surface area (Å²) in [5, 5.41) is 13.8. The normalized spacial score (nSPS) is 16.4. The van der Waals surface area contributed by atoms with E-state index in [2.05, 4.69) is 42.1 Å². The first-order valence-electron chi connectivity index (χ1n) is 9.81. The van der Waals surface area contributed by atoms with Crippen molar-refractivity contribution in [3.63, 3.8) is 0 Å². The van der Waals surface area contributed by atoms with Crippen molar-refractivity contribution in [3.05, 3.63) is 61.2 Å². The fraction of sp³-hybridized carbons (Fsp3) is 0.286. The lowest BCUT2D eigenvalue weighted by Crippen LogP contribution is -2.39. The van der Waals surface area contributed by atoms with Gasteiger partial charge in [0.05, 0.1) is 17.3 Å². The van der Waals surface area contributed by atoms with Gasteiger partial charge in [0.25, 0.3) is 0 Å². The number of anilines is 2. The summed E-state index contributed by atoms with van der Waals surface area (Å²) in [6, 6.07) is 14.4. The van der Waals surface area contributed by atoms with Gasteiger partial charge in [-0.15, -0.1) is 5.10 Å². The molecule has 0 radical (unpaired) electrons. The third kappa shape index (κ3) is 3.26. The second-order valence-electron chi connectivity index (χ2n) is 7.28. The first-order chi connectivity index (χ1) is 14.3. The number of fused-ring (bicyclic) bond motifs is 1. The molecule has 29 heavy (non-hydrogen) atoms. The van der Waals surface area contributed by atoms with Crippen molar-refractivity contribution < 1.29 is 0 Å². The van der Waals surface area contributed by atoms with E-state index >= 15 is 0 Å². The van der Waals surface area contributed by atoms with E-state index < -0.39 is 0 Å². The maximum Gasteiger partial charge on any atom is 0.168 e. The van der Waals surface area contributed by atoms with Crippen LogP contribution < -0.4 is 9.80 Å². The summed E-state index contributed by atoms with van der Waals surface area (Å²) in [5.41, 5.74) is 1.80. The molecular weight excluding hydrogens is 364 g/mol. The quantitative estimate of drug-likeness (QED) is 0.522. The monoisotopic (exact) mass is 386 g/mol. The van der Waals surface area contributed by atoms with E-state index in [9.17, 15) is 0 Å². The Kier molecular flexibility index (Phi) is 4.51. The fourth-order valence-electron chi connectivity index (χ4n) is 4.07. The SMILES string of the molecule is CN(CC1CCCN1c1cccnn1)c1ncnc2c1cnn2-c1ccccc1. The zero-order valence-corrected chi connectivity index (χ0v) is 16.3. The molecule has 0 aliphatic carbocycles. The summed E-state index contributed by atoms with van der Waals surface area (Å²) >= 11 is 0. The summed E-state index contributed by atoms with van der Waals surface area (Å²) in [5.74, 6) is 1.83. The van der Waals surface area contributed by atoms with Gasteiger partial charge in [-0.2, -0.15) is 10.2 Å². The highest BCUT2D eigenvalue weighted by molar-refractivity contribution is 5.87. The number of aromatic nitrogens is 6. The minimum Gasteiger partial charge on any atom is -0.357 e. The van der Waals surface area contributed by atoms with E-state index in [0.717, 1.165) is 54.3 Å². The highest BCUT2D eigenvalue weighted by Crippen LogP contribution is 2.27. The predicted octanol–water partition coefficient (Wildman–Crippen LogP) is 2.71. The average Bonchev–Trinajstić information content (AvgIpc) is 3.42. The molecule has 1 saturated heterocycles. The zero-order chi connectivity index (χ0) is 19.6. The standard InChI is InChI=1S/C21H22N8/c1-27(14-17-9-6-12-28(17)19-10-5-11-24-26-19)20-18-13-25-29(21(18)23-15-22-20)16-7-3-2-4-8-16/h2-5,7-8,10-11,13,15,17H,6,9,12,14H2,1H3. The van der Waals surface area contributed by atoms with Crippen LogP contribution in [0.1, 0.15) is 12.8 Å². The number of rotatable bonds is 5. The van der Waals surface area contributed by atoms with Gasteiger partial charge in [0.15, 0.2) is 11.5 Å². The third-order valence-corrected chi connectivity index (χ3v) is 5.42. The van der Waals surface area contributed by atoms with E-state index in [1.165, 1.54) is 0 Å². The van der Waals surface area contributed by atoms with Gasteiger partial charge in [-0.1, -0.05) is 18.2 Å². The first-order valence-corrected chi connectivity index (χ1v) is 9.81. The Hall–Kier alpha value is -3.55. The molecule has 1 aromatic carbocycles. The van der Waals surface area contributed by atoms with Gasteiger partial charge < -0.3 is 9.80 Å². The first kappa shape index (κ1) is 17.5. The lowest BCUT2D eigenvalue weighted by Gasteiger charge is -2.29. The molecule has 1 fully saturated rings. The molecule has 1 aliphatic heterocycles. The lowest BCUT2D eigenvalue weighted by atomic mass is 10.2. The zero-order valence-electron chi connectivity index (χ0n) is 16.3. The van der Waals surface area contributed by atoms with Gasteiger partial charge in [-0.25, -0.2) is 14.6 Å². The second-order valence-corrected chi connectivity index (χ2v) is 7.28. The minimum absolute atomic E-state index is 0.367. The minimum atomic E-state index is 0.367. The van der Waals surface area contributed by atoms with Crippen molar-refractivity contribution in [1.82, 2.24) is 29.9 Å². The number of nitrogens with zero attached hydrogens (tertiary/aromatic N) is 8. The highest BCUT2D eigenvalue weighted by Gasteiger charge is 2.28. The average molecular weight is 386 g/mol. The van der Waals surface area contributed by atoms with Crippen molar-refractivity contribution in [2.45, 2.75) is 18.9 Å². The molecule has 0 spiro atoms. The Bertz CT molecular complexity index is 1100. The van der Waals surface area contributed by atoms with Crippen LogP contribution in [0.2, 0.25) is 0 Å². The molecule has 0 amide bonds. The number of hydrogen-bond donors (Lipinski definition) is 0. The largest absolute Gasteiger partial charge is 0.357 e. The van der Waals surface area contributed by atoms with Crippen LogP contribution in [0.25, 0.3) is 16.7 Å². The van der Waals surface area contributed by atoms with Crippen LogP contribution in [0, 0.1) is 0 Å². The Morgan fingerprint density at radius 2 is 2.00 bits per heavy atom. The lowest BCUT2D eigenvalue weighted by molar-refractivity contribution is 0.644. The molecule has 8 heteroatoms. The van der Waals surface area contributed by atoms with Crippen molar-refractivity contribution in [1.29, 1.82) is 0 Å². The van der Waals surface area contributed by atoms with Gasteiger partial charge in [0.1, 0.15) is 12.1 Å². The molecule has 0 N–H and O–H groups in total. The summed E-state index contributed by atoms with van der Waals surface area (Å²) in [4.78, 5) is 13.6. The Morgan fingerprint density at radius 3 is 2.83 bits per heavy atom. The fourth-order valence-corrected chi connectivity index (χ4v) is 4.07. The van der Waals surface area contributed by atoms with Gasteiger partial charge >= 0.3 is 0 Å². The molecule has 1 aliphatic rings. The Morgan fingerprint density at radius 1 is 1.10 bits per heavy atom. The van der Waals surface area contributed by atoms with Crippen LogP contribution in [0.4, 0.5) is 11.6 Å². The molecule has 4 heterocycles. The van der Waals surface area contributed by atoms with Crippen molar-refractivity contribution in [3.8, 4) is 5.69 Å². The molecule has 146 valence electrons. The smallest absolute Gasteiger partial charge is 0.168 e. The maximum atomic E-state index is 4.57. The third-order valence-electron chi connectivity index (χ3n) is 5.42. The molecule has 5 rings (SSSR count). The number of para-hydroxylation sites is 1. The summed E-state index contributed by atoms with van der Waals surface area (Å²) in [7, 11) is 2.08. The van der Waals surface area contributed by atoms with Crippen molar-refractivity contribution in [2.24, 2.45) is 0 Å². The number of hydrogen-bond acceptors (Lipinski definition) is 7. The summed E-state index contributed by atoms with van der Waals surface area (Å²) < 4.78 is 1.86. The molecule has 8 nitrogen and oxygen atoms in total. The molecule has 1 atom stereocenters. The summed E-state index contributed by atoms with van der Waals surface area (Å²) in [6.07, 6.45) is 7.45. The molecule has 1 unspecified atom stereocenters. The highest BCUT2D eigenvalue weighted by atomic mass is 15.3. The van der Waals surface area contributed by atoms with E-state index in [0.29, 0.717) is 6.04 Å². The number of likely N-dealkylation sites (N-methyl/N-ethyl adjacent to an activating group) is 1. The second kappa shape index (κ2) is 7.46. The van der Waals surface area contributed by atoms with Crippen LogP contribution in [0.15, 0.2) is 61.2 Å². The topological polar surface area (TPSA) is 75.9 Å². The number of benzene rings is 1. The van der Waals surface area contributed by atoms with Crippen molar-refractivity contribution in [2.75, 3.05) is 29.9 Å². The van der Waals surface area contributed by atoms with E-state index in [1.807, 2.05) is 53.3 Å². The molecule has 0 bridgehead atoms. The van der Waals surface area contributed by atoms with Crippen LogP contribution in [-0.4, -0.2) is 56.1 Å². The summed E-state index contributed by atoms with van der Waals surface area (Å²) in [6.45, 7) is 1.85. The predicted molar refractivity (Wildman–Crippen MR) is 112 cm³/mol. The Labute approximate surface area is 168 Å². The van der Waals surface area contributed by atoms with Crippen LogP contribution in [0.3, 0.4) is 0 Å². The van der Waals surface area contributed by atoms with Gasteiger partial charge in [-0.05, 0) is 37.1 Å². The van der Waals surface area contributed by atoms with Gasteiger partial charge in [0.2, 0.25) is 0 Å². The van der Waals surface area contributed by atoms with Gasteiger partial charge in [0, 0.05) is 32.4 Å².